The van der Waals surface area contributed by atoms with Crippen LogP contribution in [0.2, 0.25) is 0 Å². The molecule has 1 aromatic heterocycles. The van der Waals surface area contributed by atoms with Crippen molar-refractivity contribution >= 4 is 5.95 Å². The van der Waals surface area contributed by atoms with E-state index in [-0.39, 0.29) is 0 Å². The van der Waals surface area contributed by atoms with Gasteiger partial charge in [0.1, 0.15) is 0 Å². The Balaban J connectivity index is 1.82. The van der Waals surface area contributed by atoms with Crippen molar-refractivity contribution in [2.75, 3.05) is 18.0 Å². The number of fused-ring (bicyclic) bond motifs is 1. The summed E-state index contributed by atoms with van der Waals surface area (Å²) >= 11 is 0. The molecular formula is C13H20N4. The normalized spacial score (nSPS) is 31.9. The van der Waals surface area contributed by atoms with E-state index in [0.717, 1.165) is 36.3 Å². The predicted octanol–water partition coefficient (Wildman–Crippen LogP) is 1.27. The number of hydrogen-bond donors (Lipinski definition) is 1. The molecule has 17 heavy (non-hydrogen) atoms. The van der Waals surface area contributed by atoms with Gasteiger partial charge in [0.25, 0.3) is 0 Å². The van der Waals surface area contributed by atoms with Crippen molar-refractivity contribution in [2.24, 2.45) is 17.6 Å². The summed E-state index contributed by atoms with van der Waals surface area (Å²) in [6, 6.07) is 2.41. The topological polar surface area (TPSA) is 55.0 Å². The zero-order chi connectivity index (χ0) is 12.0. The molecule has 3 rings (SSSR count). The van der Waals surface area contributed by atoms with Crippen LogP contribution >= 0.6 is 0 Å². The van der Waals surface area contributed by atoms with E-state index in [2.05, 4.69) is 14.9 Å². The molecule has 1 aliphatic carbocycles. The standard InChI is InChI=1S/C13H20N4/c1-8-5-9(2)16-13(15-8)17-6-10-3-4-12(14)11(10)7-17/h5,10-12H,3-4,6-7,14H2,1-2H3. The smallest absolute Gasteiger partial charge is 0.225 e. The third kappa shape index (κ3) is 1.90. The predicted molar refractivity (Wildman–Crippen MR) is 67.9 cm³/mol. The van der Waals surface area contributed by atoms with E-state index in [1.165, 1.54) is 12.8 Å². The molecule has 0 spiro atoms. The minimum absolute atomic E-state index is 0.385. The minimum Gasteiger partial charge on any atom is -0.340 e. The van der Waals surface area contributed by atoms with E-state index >= 15 is 0 Å². The van der Waals surface area contributed by atoms with Crippen molar-refractivity contribution in [3.63, 3.8) is 0 Å². The van der Waals surface area contributed by atoms with Crippen LogP contribution in [0.15, 0.2) is 6.07 Å². The summed E-state index contributed by atoms with van der Waals surface area (Å²) in [6.45, 7) is 6.18. The molecule has 4 nitrogen and oxygen atoms in total. The number of nitrogens with zero attached hydrogens (tertiary/aromatic N) is 3. The SMILES string of the molecule is Cc1cc(C)nc(N2CC3CCC(N)C3C2)n1. The van der Waals surface area contributed by atoms with Crippen LogP contribution in [-0.2, 0) is 0 Å². The zero-order valence-corrected chi connectivity index (χ0v) is 10.6. The Bertz CT molecular complexity index is 411. The van der Waals surface area contributed by atoms with Gasteiger partial charge in [-0.15, -0.1) is 0 Å². The number of nitrogens with two attached hydrogens (primary N) is 1. The number of aryl methyl sites for hydroxylation is 2. The number of aromatic nitrogens is 2. The van der Waals surface area contributed by atoms with Crippen molar-refractivity contribution < 1.29 is 0 Å². The summed E-state index contributed by atoms with van der Waals surface area (Å²) in [5, 5.41) is 0. The number of hydrogen-bond acceptors (Lipinski definition) is 4. The van der Waals surface area contributed by atoms with Crippen LogP contribution in [0.5, 0.6) is 0 Å². The highest BCUT2D eigenvalue weighted by molar-refractivity contribution is 5.35. The lowest BCUT2D eigenvalue weighted by molar-refractivity contribution is 0.453. The second kappa shape index (κ2) is 3.95. The maximum Gasteiger partial charge on any atom is 0.225 e. The fourth-order valence-corrected chi connectivity index (χ4v) is 3.32. The zero-order valence-electron chi connectivity index (χ0n) is 10.6. The van der Waals surface area contributed by atoms with Gasteiger partial charge >= 0.3 is 0 Å². The van der Waals surface area contributed by atoms with E-state index in [1.807, 2.05) is 19.9 Å². The van der Waals surface area contributed by atoms with E-state index in [0.29, 0.717) is 12.0 Å². The Morgan fingerprint density at radius 3 is 2.53 bits per heavy atom. The van der Waals surface area contributed by atoms with Gasteiger partial charge < -0.3 is 10.6 Å². The molecule has 1 saturated carbocycles. The Morgan fingerprint density at radius 1 is 1.18 bits per heavy atom. The van der Waals surface area contributed by atoms with Gasteiger partial charge in [-0.1, -0.05) is 0 Å². The quantitative estimate of drug-likeness (QED) is 0.792. The van der Waals surface area contributed by atoms with Gasteiger partial charge in [0.05, 0.1) is 0 Å². The average molecular weight is 232 g/mol. The highest BCUT2D eigenvalue weighted by Crippen LogP contribution is 2.38. The molecule has 0 amide bonds. The van der Waals surface area contributed by atoms with E-state index in [9.17, 15) is 0 Å². The first kappa shape index (κ1) is 11.0. The summed E-state index contributed by atoms with van der Waals surface area (Å²) in [5.74, 6) is 2.30. The molecule has 3 atom stereocenters. The van der Waals surface area contributed by atoms with Gasteiger partial charge in [-0.25, -0.2) is 9.97 Å². The van der Waals surface area contributed by atoms with Gasteiger partial charge in [0.2, 0.25) is 5.95 Å². The van der Waals surface area contributed by atoms with Gasteiger partial charge in [0, 0.05) is 30.5 Å². The minimum atomic E-state index is 0.385. The molecule has 1 aliphatic heterocycles. The number of anilines is 1. The first-order valence-electron chi connectivity index (χ1n) is 6.46. The molecule has 1 saturated heterocycles. The number of rotatable bonds is 1. The fourth-order valence-electron chi connectivity index (χ4n) is 3.32. The Labute approximate surface area is 102 Å². The Hall–Kier alpha value is -1.16. The second-order valence-corrected chi connectivity index (χ2v) is 5.52. The van der Waals surface area contributed by atoms with Crippen LogP contribution in [0.1, 0.15) is 24.2 Å². The van der Waals surface area contributed by atoms with Crippen molar-refractivity contribution in [3.8, 4) is 0 Å². The summed E-state index contributed by atoms with van der Waals surface area (Å²) in [6.07, 6.45) is 2.46. The molecule has 2 N–H and O–H groups in total. The first-order chi connectivity index (χ1) is 8.13. The van der Waals surface area contributed by atoms with Gasteiger partial charge in [-0.2, -0.15) is 0 Å². The van der Waals surface area contributed by atoms with Crippen molar-refractivity contribution in [3.05, 3.63) is 17.5 Å². The van der Waals surface area contributed by atoms with E-state index in [4.69, 9.17) is 5.73 Å². The molecule has 3 unspecified atom stereocenters. The molecule has 4 heteroatoms. The Morgan fingerprint density at radius 2 is 1.88 bits per heavy atom. The van der Waals surface area contributed by atoms with Crippen molar-refractivity contribution in [1.29, 1.82) is 0 Å². The third-order valence-electron chi connectivity index (χ3n) is 4.17. The van der Waals surface area contributed by atoms with Crippen molar-refractivity contribution in [1.82, 2.24) is 9.97 Å². The van der Waals surface area contributed by atoms with Gasteiger partial charge in [-0.05, 0) is 44.6 Å². The van der Waals surface area contributed by atoms with Crippen LogP contribution in [0.4, 0.5) is 5.95 Å². The summed E-state index contributed by atoms with van der Waals surface area (Å²) in [7, 11) is 0. The molecule has 0 bridgehead atoms. The first-order valence-corrected chi connectivity index (χ1v) is 6.46. The third-order valence-corrected chi connectivity index (χ3v) is 4.17. The fraction of sp³-hybridized carbons (Fsp3) is 0.692. The molecule has 0 aromatic carbocycles. The second-order valence-electron chi connectivity index (χ2n) is 5.52. The van der Waals surface area contributed by atoms with Crippen LogP contribution in [-0.4, -0.2) is 29.1 Å². The lowest BCUT2D eigenvalue weighted by Crippen LogP contribution is -2.31. The van der Waals surface area contributed by atoms with Crippen LogP contribution in [0.3, 0.4) is 0 Å². The average Bonchev–Trinajstić information content (AvgIpc) is 2.80. The Kier molecular flexibility index (Phi) is 2.54. The molecule has 2 aliphatic rings. The summed E-state index contributed by atoms with van der Waals surface area (Å²) in [5.41, 5.74) is 8.25. The molecule has 1 aromatic rings. The molecule has 2 heterocycles. The van der Waals surface area contributed by atoms with Gasteiger partial charge in [-0.3, -0.25) is 0 Å². The van der Waals surface area contributed by atoms with Crippen LogP contribution in [0, 0.1) is 25.7 Å². The highest BCUT2D eigenvalue weighted by Gasteiger charge is 2.41. The van der Waals surface area contributed by atoms with E-state index in [1.54, 1.807) is 0 Å². The largest absolute Gasteiger partial charge is 0.340 e. The van der Waals surface area contributed by atoms with E-state index < -0.39 is 0 Å². The molecule has 0 radical (unpaired) electrons. The molecule has 92 valence electrons. The maximum atomic E-state index is 6.15. The van der Waals surface area contributed by atoms with Crippen LogP contribution in [0.25, 0.3) is 0 Å². The molecule has 2 fully saturated rings. The maximum absolute atomic E-state index is 6.15. The summed E-state index contributed by atoms with van der Waals surface area (Å²) < 4.78 is 0. The lowest BCUT2D eigenvalue weighted by Gasteiger charge is -2.19. The monoisotopic (exact) mass is 232 g/mol. The van der Waals surface area contributed by atoms with Crippen LogP contribution < -0.4 is 10.6 Å². The van der Waals surface area contributed by atoms with Gasteiger partial charge in [0.15, 0.2) is 0 Å². The van der Waals surface area contributed by atoms with Crippen molar-refractivity contribution in [2.45, 2.75) is 32.7 Å². The highest BCUT2D eigenvalue weighted by atomic mass is 15.3. The molecular weight excluding hydrogens is 212 g/mol. The lowest BCUT2D eigenvalue weighted by atomic mass is 9.98. The summed E-state index contributed by atoms with van der Waals surface area (Å²) in [4.78, 5) is 11.4.